The van der Waals surface area contributed by atoms with Crippen molar-refractivity contribution in [3.8, 4) is 0 Å². The third kappa shape index (κ3) is 4.07. The lowest BCUT2D eigenvalue weighted by atomic mass is 9.85. The van der Waals surface area contributed by atoms with Crippen LogP contribution < -0.4 is 0 Å². The SMILES string of the molecule is CC/C=C/[C@](O)(C(=O)OC1CCN(C)CC1)C1CCCC1. The van der Waals surface area contributed by atoms with Crippen molar-refractivity contribution in [2.75, 3.05) is 20.1 Å². The molecular weight excluding hydrogens is 266 g/mol. The zero-order valence-corrected chi connectivity index (χ0v) is 13.4. The van der Waals surface area contributed by atoms with Crippen LogP contribution in [0.4, 0.5) is 0 Å². The molecule has 0 aromatic carbocycles. The summed E-state index contributed by atoms with van der Waals surface area (Å²) in [6, 6.07) is 0. The summed E-state index contributed by atoms with van der Waals surface area (Å²) in [5, 5.41) is 10.9. The summed E-state index contributed by atoms with van der Waals surface area (Å²) in [6.45, 7) is 3.91. The number of carbonyl (C=O) groups excluding carboxylic acids is 1. The monoisotopic (exact) mass is 295 g/mol. The first-order valence-corrected chi connectivity index (χ1v) is 8.36. The van der Waals surface area contributed by atoms with Crippen molar-refractivity contribution in [1.82, 2.24) is 4.90 Å². The average Bonchev–Trinajstić information content (AvgIpc) is 3.02. The molecule has 0 spiro atoms. The number of aliphatic hydroxyl groups is 1. The molecule has 1 saturated carbocycles. The number of rotatable bonds is 5. The van der Waals surface area contributed by atoms with E-state index in [-0.39, 0.29) is 12.0 Å². The van der Waals surface area contributed by atoms with Crippen LogP contribution in [-0.2, 0) is 9.53 Å². The second kappa shape index (κ2) is 7.41. The standard InChI is InChI=1S/C17H29NO3/c1-3-4-11-17(20,14-7-5-6-8-14)16(19)21-15-9-12-18(2)13-10-15/h4,11,14-15,20H,3,5-10,12-13H2,1-2H3/b11-4+/t17-/m1/s1. The van der Waals surface area contributed by atoms with Gasteiger partial charge in [0.25, 0.3) is 0 Å². The molecule has 1 heterocycles. The van der Waals surface area contributed by atoms with E-state index < -0.39 is 11.6 Å². The van der Waals surface area contributed by atoms with Gasteiger partial charge in [0.15, 0.2) is 5.60 Å². The smallest absolute Gasteiger partial charge is 0.342 e. The number of likely N-dealkylation sites (tertiary alicyclic amines) is 1. The normalized spacial score (nSPS) is 25.3. The molecule has 0 bridgehead atoms. The molecule has 21 heavy (non-hydrogen) atoms. The van der Waals surface area contributed by atoms with E-state index in [0.29, 0.717) is 0 Å². The van der Waals surface area contributed by atoms with Gasteiger partial charge in [0.05, 0.1) is 0 Å². The van der Waals surface area contributed by atoms with Gasteiger partial charge in [-0.25, -0.2) is 4.79 Å². The zero-order valence-electron chi connectivity index (χ0n) is 13.4. The number of carbonyl (C=O) groups is 1. The summed E-state index contributed by atoms with van der Waals surface area (Å²) in [4.78, 5) is 14.8. The van der Waals surface area contributed by atoms with Gasteiger partial charge >= 0.3 is 5.97 Å². The number of allylic oxidation sites excluding steroid dienone is 1. The molecule has 4 nitrogen and oxygen atoms in total. The highest BCUT2D eigenvalue weighted by atomic mass is 16.6. The van der Waals surface area contributed by atoms with Gasteiger partial charge in [0, 0.05) is 19.0 Å². The first-order chi connectivity index (χ1) is 10.1. The van der Waals surface area contributed by atoms with Crippen LogP contribution in [0.2, 0.25) is 0 Å². The van der Waals surface area contributed by atoms with Crippen LogP contribution in [0.3, 0.4) is 0 Å². The number of esters is 1. The Labute approximate surface area is 128 Å². The number of piperidine rings is 1. The van der Waals surface area contributed by atoms with Crippen LogP contribution in [0.15, 0.2) is 12.2 Å². The molecule has 1 aliphatic heterocycles. The van der Waals surface area contributed by atoms with E-state index in [1.165, 1.54) is 0 Å². The van der Waals surface area contributed by atoms with Gasteiger partial charge in [-0.2, -0.15) is 0 Å². The Morgan fingerprint density at radius 1 is 1.29 bits per heavy atom. The summed E-state index contributed by atoms with van der Waals surface area (Å²) in [5.41, 5.74) is -1.42. The summed E-state index contributed by atoms with van der Waals surface area (Å²) < 4.78 is 5.65. The van der Waals surface area contributed by atoms with E-state index in [1.807, 2.05) is 13.0 Å². The predicted molar refractivity (Wildman–Crippen MR) is 82.9 cm³/mol. The fourth-order valence-electron chi connectivity index (χ4n) is 3.38. The quantitative estimate of drug-likeness (QED) is 0.625. The molecule has 0 unspecified atom stereocenters. The maximum absolute atomic E-state index is 12.6. The number of hydrogen-bond acceptors (Lipinski definition) is 4. The van der Waals surface area contributed by atoms with Gasteiger partial charge in [0.2, 0.25) is 0 Å². The van der Waals surface area contributed by atoms with E-state index in [0.717, 1.165) is 58.0 Å². The molecule has 1 aliphatic carbocycles. The second-order valence-corrected chi connectivity index (χ2v) is 6.53. The molecule has 0 amide bonds. The van der Waals surface area contributed by atoms with Crippen LogP contribution in [-0.4, -0.2) is 47.8 Å². The van der Waals surface area contributed by atoms with E-state index in [9.17, 15) is 9.90 Å². The van der Waals surface area contributed by atoms with Gasteiger partial charge in [-0.05, 0) is 45.2 Å². The van der Waals surface area contributed by atoms with E-state index in [4.69, 9.17) is 4.74 Å². The molecule has 0 aromatic rings. The van der Waals surface area contributed by atoms with Crippen molar-refractivity contribution in [2.24, 2.45) is 5.92 Å². The Morgan fingerprint density at radius 3 is 2.48 bits per heavy atom. The van der Waals surface area contributed by atoms with Crippen molar-refractivity contribution in [2.45, 2.75) is 63.6 Å². The highest BCUT2D eigenvalue weighted by Gasteiger charge is 2.45. The maximum Gasteiger partial charge on any atom is 0.342 e. The van der Waals surface area contributed by atoms with E-state index >= 15 is 0 Å². The van der Waals surface area contributed by atoms with Crippen LogP contribution in [0.5, 0.6) is 0 Å². The Kier molecular flexibility index (Phi) is 5.82. The maximum atomic E-state index is 12.6. The van der Waals surface area contributed by atoms with Gasteiger partial charge in [-0.15, -0.1) is 0 Å². The lowest BCUT2D eigenvalue weighted by molar-refractivity contribution is -0.173. The fourth-order valence-corrected chi connectivity index (χ4v) is 3.38. The molecule has 2 fully saturated rings. The predicted octanol–water partition coefficient (Wildman–Crippen LogP) is 2.51. The van der Waals surface area contributed by atoms with Crippen LogP contribution in [0.1, 0.15) is 51.9 Å². The largest absolute Gasteiger partial charge is 0.460 e. The van der Waals surface area contributed by atoms with Crippen molar-refractivity contribution >= 4 is 5.97 Å². The van der Waals surface area contributed by atoms with Crippen molar-refractivity contribution in [3.63, 3.8) is 0 Å². The minimum atomic E-state index is -1.42. The Hall–Kier alpha value is -0.870. The Morgan fingerprint density at radius 2 is 1.90 bits per heavy atom. The minimum Gasteiger partial charge on any atom is -0.460 e. The lowest BCUT2D eigenvalue weighted by Gasteiger charge is -2.33. The van der Waals surface area contributed by atoms with Gasteiger partial charge < -0.3 is 14.7 Å². The summed E-state index contributed by atoms with van der Waals surface area (Å²) in [6.07, 6.45) is 10.1. The molecule has 120 valence electrons. The molecule has 4 heteroatoms. The third-order valence-corrected chi connectivity index (χ3v) is 4.85. The summed E-state index contributed by atoms with van der Waals surface area (Å²) in [5.74, 6) is -0.423. The number of hydrogen-bond donors (Lipinski definition) is 1. The third-order valence-electron chi connectivity index (χ3n) is 4.85. The van der Waals surface area contributed by atoms with Gasteiger partial charge in [-0.3, -0.25) is 0 Å². The van der Waals surface area contributed by atoms with Gasteiger partial charge in [0.1, 0.15) is 6.10 Å². The summed E-state index contributed by atoms with van der Waals surface area (Å²) in [7, 11) is 2.08. The second-order valence-electron chi connectivity index (χ2n) is 6.53. The molecule has 1 atom stereocenters. The first kappa shape index (κ1) is 16.5. The molecule has 2 aliphatic rings. The Balaban J connectivity index is 2.01. The zero-order chi connectivity index (χ0) is 15.3. The highest BCUT2D eigenvalue weighted by molar-refractivity contribution is 5.82. The highest BCUT2D eigenvalue weighted by Crippen LogP contribution is 2.36. The van der Waals surface area contributed by atoms with E-state index in [2.05, 4.69) is 11.9 Å². The van der Waals surface area contributed by atoms with Crippen molar-refractivity contribution < 1.29 is 14.6 Å². The van der Waals surface area contributed by atoms with Crippen LogP contribution in [0, 0.1) is 5.92 Å². The van der Waals surface area contributed by atoms with Crippen molar-refractivity contribution in [1.29, 1.82) is 0 Å². The average molecular weight is 295 g/mol. The van der Waals surface area contributed by atoms with Crippen molar-refractivity contribution in [3.05, 3.63) is 12.2 Å². The first-order valence-electron chi connectivity index (χ1n) is 8.36. The number of ether oxygens (including phenoxy) is 1. The van der Waals surface area contributed by atoms with Gasteiger partial charge in [-0.1, -0.05) is 25.8 Å². The molecule has 0 aromatic heterocycles. The topological polar surface area (TPSA) is 49.8 Å². The Bertz CT molecular complexity index is 368. The van der Waals surface area contributed by atoms with Crippen LogP contribution in [0.25, 0.3) is 0 Å². The van der Waals surface area contributed by atoms with Crippen LogP contribution >= 0.6 is 0 Å². The fraction of sp³-hybridized carbons (Fsp3) is 0.824. The minimum absolute atomic E-state index is 0.0130. The number of nitrogens with zero attached hydrogens (tertiary/aromatic N) is 1. The molecule has 2 rings (SSSR count). The molecule has 0 radical (unpaired) electrons. The molecule has 1 N–H and O–H groups in total. The lowest BCUT2D eigenvalue weighted by Crippen LogP contribution is -2.47. The molecule has 1 saturated heterocycles. The van der Waals surface area contributed by atoms with E-state index in [1.54, 1.807) is 6.08 Å². The molecular formula is C17H29NO3. The summed E-state index contributed by atoms with van der Waals surface area (Å²) >= 11 is 0.